The first-order chi connectivity index (χ1) is 11.7. The summed E-state index contributed by atoms with van der Waals surface area (Å²) in [6.07, 6.45) is 2.69. The Balaban J connectivity index is 1.66. The normalized spacial score (nSPS) is 10.8. The number of amides is 1. The van der Waals surface area contributed by atoms with E-state index in [-0.39, 0.29) is 0 Å². The first kappa shape index (κ1) is 15.4. The van der Waals surface area contributed by atoms with Gasteiger partial charge >= 0.3 is 0 Å². The van der Waals surface area contributed by atoms with Gasteiger partial charge in [0.2, 0.25) is 0 Å². The summed E-state index contributed by atoms with van der Waals surface area (Å²) in [7, 11) is 0. The molecule has 3 aromatic rings. The first-order valence-electron chi connectivity index (χ1n) is 7.27. The zero-order valence-corrected chi connectivity index (χ0v) is 12.7. The summed E-state index contributed by atoms with van der Waals surface area (Å²) in [6, 6.07) is 17.2. The molecule has 120 valence electrons. The third-order valence-corrected chi connectivity index (χ3v) is 3.35. The maximum Gasteiger partial charge on any atom is 0.270 e. The highest BCUT2D eigenvalue weighted by molar-refractivity contribution is 6.31. The van der Waals surface area contributed by atoms with Crippen molar-refractivity contribution in [1.82, 2.24) is 15.0 Å². The molecule has 0 saturated heterocycles. The Bertz CT molecular complexity index is 841. The van der Waals surface area contributed by atoms with Crippen LogP contribution in [0.15, 0.2) is 65.9 Å². The number of oxime groups is 1. The van der Waals surface area contributed by atoms with Crippen LogP contribution in [0, 0.1) is 0 Å². The van der Waals surface area contributed by atoms with E-state index in [1.807, 2.05) is 48.7 Å². The van der Waals surface area contributed by atoms with Gasteiger partial charge < -0.3 is 10.5 Å². The predicted molar refractivity (Wildman–Crippen MR) is 89.9 cm³/mol. The van der Waals surface area contributed by atoms with E-state index in [0.717, 1.165) is 23.0 Å². The second kappa shape index (κ2) is 7.19. The van der Waals surface area contributed by atoms with Crippen LogP contribution in [0.4, 0.5) is 5.69 Å². The lowest BCUT2D eigenvalue weighted by atomic mass is 10.2. The van der Waals surface area contributed by atoms with E-state index in [1.54, 1.807) is 16.8 Å². The SMILES string of the molecule is O=C(/C=N/O)Nc1ccc(Cn2cc(-c3ccccc3)nn2)cc1. The number of benzene rings is 2. The predicted octanol–water partition coefficient (Wildman–Crippen LogP) is 2.39. The molecule has 0 radical (unpaired) electrons. The second-order valence-corrected chi connectivity index (χ2v) is 5.10. The smallest absolute Gasteiger partial charge is 0.270 e. The van der Waals surface area contributed by atoms with Crippen LogP contribution in [-0.2, 0) is 11.3 Å². The lowest BCUT2D eigenvalue weighted by Gasteiger charge is -2.04. The summed E-state index contributed by atoms with van der Waals surface area (Å²) in [6.45, 7) is 0.576. The van der Waals surface area contributed by atoms with Crippen molar-refractivity contribution in [3.05, 3.63) is 66.4 Å². The average molecular weight is 321 g/mol. The largest absolute Gasteiger partial charge is 0.411 e. The first-order valence-corrected chi connectivity index (χ1v) is 7.27. The number of carbonyl (C=O) groups is 1. The number of carbonyl (C=O) groups excluding carboxylic acids is 1. The van der Waals surface area contributed by atoms with Crippen molar-refractivity contribution in [3.63, 3.8) is 0 Å². The molecule has 1 heterocycles. The highest BCUT2D eigenvalue weighted by Gasteiger charge is 2.04. The third-order valence-electron chi connectivity index (χ3n) is 3.35. The van der Waals surface area contributed by atoms with Crippen molar-refractivity contribution in [2.75, 3.05) is 5.32 Å². The van der Waals surface area contributed by atoms with E-state index in [4.69, 9.17) is 5.21 Å². The quantitative estimate of drug-likeness (QED) is 0.429. The van der Waals surface area contributed by atoms with E-state index in [1.165, 1.54) is 0 Å². The van der Waals surface area contributed by atoms with Crippen molar-refractivity contribution < 1.29 is 10.0 Å². The number of hydrogen-bond acceptors (Lipinski definition) is 5. The molecule has 24 heavy (non-hydrogen) atoms. The Morgan fingerprint density at radius 1 is 1.17 bits per heavy atom. The number of rotatable bonds is 5. The van der Waals surface area contributed by atoms with Crippen molar-refractivity contribution in [1.29, 1.82) is 0 Å². The molecule has 0 spiro atoms. The van der Waals surface area contributed by atoms with Crippen molar-refractivity contribution >= 4 is 17.8 Å². The van der Waals surface area contributed by atoms with Crippen LogP contribution in [0.25, 0.3) is 11.3 Å². The molecule has 0 aliphatic carbocycles. The van der Waals surface area contributed by atoms with Crippen LogP contribution >= 0.6 is 0 Å². The molecule has 2 N–H and O–H groups in total. The molecule has 7 heteroatoms. The molecule has 0 unspecified atom stereocenters. The van der Waals surface area contributed by atoms with Gasteiger partial charge in [0.1, 0.15) is 11.9 Å². The van der Waals surface area contributed by atoms with Gasteiger partial charge in [-0.05, 0) is 17.7 Å². The second-order valence-electron chi connectivity index (χ2n) is 5.10. The van der Waals surface area contributed by atoms with Crippen LogP contribution in [0.1, 0.15) is 5.56 Å². The summed E-state index contributed by atoms with van der Waals surface area (Å²) in [5.74, 6) is -0.492. The van der Waals surface area contributed by atoms with Gasteiger partial charge in [0.15, 0.2) is 0 Å². The van der Waals surface area contributed by atoms with Crippen molar-refractivity contribution in [2.45, 2.75) is 6.54 Å². The minimum Gasteiger partial charge on any atom is -0.411 e. The fraction of sp³-hybridized carbons (Fsp3) is 0.0588. The summed E-state index contributed by atoms with van der Waals surface area (Å²) >= 11 is 0. The van der Waals surface area contributed by atoms with Crippen LogP contribution < -0.4 is 5.32 Å². The molecular formula is C17H15N5O2. The lowest BCUT2D eigenvalue weighted by molar-refractivity contribution is -0.110. The topological polar surface area (TPSA) is 92.4 Å². The number of nitrogens with one attached hydrogen (secondary N) is 1. The van der Waals surface area contributed by atoms with Gasteiger partial charge in [0.05, 0.1) is 12.7 Å². The maximum atomic E-state index is 11.3. The van der Waals surface area contributed by atoms with Gasteiger partial charge in [-0.25, -0.2) is 4.68 Å². The summed E-state index contributed by atoms with van der Waals surface area (Å²) in [4.78, 5) is 11.3. The van der Waals surface area contributed by atoms with E-state index < -0.39 is 5.91 Å². The van der Waals surface area contributed by atoms with E-state index in [9.17, 15) is 4.79 Å². The molecule has 2 aromatic carbocycles. The molecule has 0 atom stereocenters. The minimum atomic E-state index is -0.492. The van der Waals surface area contributed by atoms with Gasteiger partial charge in [0, 0.05) is 11.3 Å². The third kappa shape index (κ3) is 3.83. The molecular weight excluding hydrogens is 306 g/mol. The van der Waals surface area contributed by atoms with Gasteiger partial charge in [-0.3, -0.25) is 4.79 Å². The summed E-state index contributed by atoms with van der Waals surface area (Å²) in [5, 5.41) is 21.9. The van der Waals surface area contributed by atoms with Gasteiger partial charge in [0.25, 0.3) is 5.91 Å². The molecule has 0 fully saturated rings. The monoisotopic (exact) mass is 321 g/mol. The standard InChI is InChI=1S/C17H15N5O2/c23-17(10-18-24)19-15-8-6-13(7-9-15)11-22-12-16(20-21-22)14-4-2-1-3-5-14/h1-10,12,24H,11H2,(H,19,23)/b18-10+. The van der Waals surface area contributed by atoms with Crippen molar-refractivity contribution in [2.24, 2.45) is 5.16 Å². The van der Waals surface area contributed by atoms with E-state index in [0.29, 0.717) is 12.2 Å². The Morgan fingerprint density at radius 3 is 2.62 bits per heavy atom. The Hall–Kier alpha value is -3.48. The lowest BCUT2D eigenvalue weighted by Crippen LogP contribution is -2.12. The number of aromatic nitrogens is 3. The fourth-order valence-corrected chi connectivity index (χ4v) is 2.22. The molecule has 1 amide bonds. The molecule has 0 bridgehead atoms. The Morgan fingerprint density at radius 2 is 1.92 bits per heavy atom. The molecule has 1 aromatic heterocycles. The van der Waals surface area contributed by atoms with Crippen LogP contribution in [-0.4, -0.2) is 32.3 Å². The molecule has 0 saturated carbocycles. The zero-order valence-electron chi connectivity index (χ0n) is 12.7. The maximum absolute atomic E-state index is 11.3. The van der Waals surface area contributed by atoms with Crippen LogP contribution in [0.2, 0.25) is 0 Å². The van der Waals surface area contributed by atoms with E-state index >= 15 is 0 Å². The molecule has 0 aliphatic heterocycles. The summed E-state index contributed by atoms with van der Waals surface area (Å²) < 4.78 is 1.76. The highest BCUT2D eigenvalue weighted by atomic mass is 16.4. The van der Waals surface area contributed by atoms with Crippen molar-refractivity contribution in [3.8, 4) is 11.3 Å². The molecule has 3 rings (SSSR count). The average Bonchev–Trinajstić information content (AvgIpc) is 3.06. The highest BCUT2D eigenvalue weighted by Crippen LogP contribution is 2.16. The fourth-order valence-electron chi connectivity index (χ4n) is 2.22. The van der Waals surface area contributed by atoms with Gasteiger partial charge in [-0.1, -0.05) is 52.8 Å². The Labute approximate surface area is 138 Å². The van der Waals surface area contributed by atoms with Gasteiger partial charge in [-0.15, -0.1) is 5.10 Å². The van der Waals surface area contributed by atoms with Crippen LogP contribution in [0.5, 0.6) is 0 Å². The van der Waals surface area contributed by atoms with E-state index in [2.05, 4.69) is 20.8 Å². The van der Waals surface area contributed by atoms with Gasteiger partial charge in [-0.2, -0.15) is 0 Å². The number of anilines is 1. The summed E-state index contributed by atoms with van der Waals surface area (Å²) in [5.41, 5.74) is 3.48. The minimum absolute atomic E-state index is 0.492. The number of hydrogen-bond donors (Lipinski definition) is 2. The molecule has 7 nitrogen and oxygen atoms in total. The number of nitrogens with zero attached hydrogens (tertiary/aromatic N) is 4. The van der Waals surface area contributed by atoms with Crippen LogP contribution in [0.3, 0.4) is 0 Å². The zero-order chi connectivity index (χ0) is 16.8. The Kier molecular flexibility index (Phi) is 4.62. The molecule has 0 aliphatic rings.